The summed E-state index contributed by atoms with van der Waals surface area (Å²) in [5.41, 5.74) is -0.177. The summed E-state index contributed by atoms with van der Waals surface area (Å²) in [4.78, 5) is 55.7. The van der Waals surface area contributed by atoms with Gasteiger partial charge in [-0.2, -0.15) is 0 Å². The van der Waals surface area contributed by atoms with E-state index in [9.17, 15) is 19.2 Å². The molecule has 3 amide bonds. The normalized spacial score (nSPS) is 18.3. The quantitative estimate of drug-likeness (QED) is 0.692. The van der Waals surface area contributed by atoms with Gasteiger partial charge in [0.15, 0.2) is 6.10 Å². The standard InChI is InChI=1S/C21H26N2O7/c1-13(28-14-9-11-22(12-10-14)20(27)29-21(2,3)4)19(26)30-23-17(24)15-7-5-6-8-16(15)18(23)25/h5-8,13-14H,9-12H2,1-4H3. The van der Waals surface area contributed by atoms with Crippen molar-refractivity contribution in [1.82, 2.24) is 9.96 Å². The molecule has 1 aromatic rings. The van der Waals surface area contributed by atoms with E-state index in [1.807, 2.05) is 20.8 Å². The van der Waals surface area contributed by atoms with Gasteiger partial charge < -0.3 is 19.2 Å². The Morgan fingerprint density at radius 1 is 1.03 bits per heavy atom. The molecule has 2 aliphatic rings. The summed E-state index contributed by atoms with van der Waals surface area (Å²) in [5.74, 6) is -2.19. The van der Waals surface area contributed by atoms with Gasteiger partial charge in [-0.25, -0.2) is 9.59 Å². The molecule has 162 valence electrons. The number of nitrogens with zero attached hydrogens (tertiary/aromatic N) is 2. The average Bonchev–Trinajstić information content (AvgIpc) is 2.92. The number of hydrogen-bond donors (Lipinski definition) is 0. The van der Waals surface area contributed by atoms with Crippen LogP contribution < -0.4 is 0 Å². The molecular formula is C21H26N2O7. The van der Waals surface area contributed by atoms with Crippen molar-refractivity contribution in [2.24, 2.45) is 0 Å². The molecule has 1 atom stereocenters. The number of carbonyl (C=O) groups excluding carboxylic acids is 4. The van der Waals surface area contributed by atoms with Gasteiger partial charge in [0.05, 0.1) is 17.2 Å². The molecule has 1 fully saturated rings. The van der Waals surface area contributed by atoms with E-state index in [0.29, 0.717) is 31.0 Å². The van der Waals surface area contributed by atoms with Crippen LogP contribution in [-0.2, 0) is 19.1 Å². The topological polar surface area (TPSA) is 102 Å². The molecule has 30 heavy (non-hydrogen) atoms. The lowest BCUT2D eigenvalue weighted by Gasteiger charge is -2.34. The van der Waals surface area contributed by atoms with Crippen molar-refractivity contribution in [3.63, 3.8) is 0 Å². The molecule has 1 saturated heterocycles. The Labute approximate surface area is 174 Å². The highest BCUT2D eigenvalue weighted by Gasteiger charge is 2.40. The molecule has 9 heteroatoms. The molecule has 0 aromatic heterocycles. The Bertz CT molecular complexity index is 818. The minimum Gasteiger partial charge on any atom is -0.444 e. The van der Waals surface area contributed by atoms with Crippen LogP contribution in [0.2, 0.25) is 0 Å². The van der Waals surface area contributed by atoms with Crippen LogP contribution in [0, 0.1) is 0 Å². The molecule has 0 radical (unpaired) electrons. The highest BCUT2D eigenvalue weighted by atomic mass is 16.7. The third-order valence-corrected chi connectivity index (χ3v) is 4.76. The van der Waals surface area contributed by atoms with Crippen LogP contribution in [0.1, 0.15) is 61.3 Å². The van der Waals surface area contributed by atoms with Gasteiger partial charge >= 0.3 is 12.1 Å². The van der Waals surface area contributed by atoms with Crippen molar-refractivity contribution in [2.45, 2.75) is 58.3 Å². The lowest BCUT2D eigenvalue weighted by Crippen LogP contribution is -2.45. The molecule has 2 aliphatic heterocycles. The van der Waals surface area contributed by atoms with E-state index < -0.39 is 29.5 Å². The van der Waals surface area contributed by atoms with Crippen LogP contribution in [0.15, 0.2) is 24.3 Å². The van der Waals surface area contributed by atoms with E-state index in [1.165, 1.54) is 19.1 Å². The maximum absolute atomic E-state index is 12.4. The van der Waals surface area contributed by atoms with Crippen molar-refractivity contribution in [1.29, 1.82) is 0 Å². The largest absolute Gasteiger partial charge is 0.444 e. The number of fused-ring (bicyclic) bond motifs is 1. The third-order valence-electron chi connectivity index (χ3n) is 4.76. The van der Waals surface area contributed by atoms with Gasteiger partial charge in [0, 0.05) is 13.1 Å². The lowest BCUT2D eigenvalue weighted by atomic mass is 10.1. The molecule has 0 aliphatic carbocycles. The van der Waals surface area contributed by atoms with Crippen LogP contribution in [0.4, 0.5) is 4.79 Å². The Morgan fingerprint density at radius 3 is 2.07 bits per heavy atom. The lowest BCUT2D eigenvalue weighted by molar-refractivity contribution is -0.185. The van der Waals surface area contributed by atoms with Crippen molar-refractivity contribution in [3.8, 4) is 0 Å². The highest BCUT2D eigenvalue weighted by molar-refractivity contribution is 6.20. The maximum atomic E-state index is 12.4. The van der Waals surface area contributed by atoms with Crippen molar-refractivity contribution in [3.05, 3.63) is 35.4 Å². The van der Waals surface area contributed by atoms with Crippen molar-refractivity contribution < 1.29 is 33.5 Å². The predicted octanol–water partition coefficient (Wildman–Crippen LogP) is 2.55. The monoisotopic (exact) mass is 418 g/mol. The smallest absolute Gasteiger partial charge is 0.410 e. The second kappa shape index (κ2) is 8.43. The number of carbonyl (C=O) groups is 4. The van der Waals surface area contributed by atoms with Crippen molar-refractivity contribution >= 4 is 23.9 Å². The van der Waals surface area contributed by atoms with E-state index in [-0.39, 0.29) is 23.3 Å². The Hall–Kier alpha value is -2.94. The molecule has 1 unspecified atom stereocenters. The summed E-state index contributed by atoms with van der Waals surface area (Å²) in [6, 6.07) is 6.26. The van der Waals surface area contributed by atoms with Gasteiger partial charge in [-0.1, -0.05) is 17.2 Å². The summed E-state index contributed by atoms with van der Waals surface area (Å²) in [7, 11) is 0. The van der Waals surface area contributed by atoms with Gasteiger partial charge in [0.1, 0.15) is 5.60 Å². The fourth-order valence-corrected chi connectivity index (χ4v) is 3.26. The van der Waals surface area contributed by atoms with E-state index >= 15 is 0 Å². The first kappa shape index (κ1) is 21.8. The van der Waals surface area contributed by atoms with Crippen LogP contribution in [0.5, 0.6) is 0 Å². The molecule has 0 saturated carbocycles. The van der Waals surface area contributed by atoms with Crippen LogP contribution in [-0.4, -0.2) is 64.7 Å². The number of hydrogen-bond acceptors (Lipinski definition) is 7. The van der Waals surface area contributed by atoms with Crippen LogP contribution >= 0.6 is 0 Å². The number of amides is 3. The Morgan fingerprint density at radius 2 is 1.57 bits per heavy atom. The van der Waals surface area contributed by atoms with Crippen molar-refractivity contribution in [2.75, 3.05) is 13.1 Å². The van der Waals surface area contributed by atoms with E-state index in [4.69, 9.17) is 14.3 Å². The van der Waals surface area contributed by atoms with Crippen LogP contribution in [0.3, 0.4) is 0 Å². The Balaban J connectivity index is 1.49. The summed E-state index contributed by atoms with van der Waals surface area (Å²) in [6.07, 6.45) is -0.548. The third kappa shape index (κ3) is 4.79. The SMILES string of the molecule is CC(OC1CCN(C(=O)OC(C)(C)C)CC1)C(=O)ON1C(=O)c2ccccc2C1=O. The first-order valence-electron chi connectivity index (χ1n) is 9.90. The fraction of sp³-hybridized carbons (Fsp3) is 0.524. The second-order valence-corrected chi connectivity index (χ2v) is 8.31. The van der Waals surface area contributed by atoms with Gasteiger partial charge in [-0.05, 0) is 52.7 Å². The molecule has 9 nitrogen and oxygen atoms in total. The molecular weight excluding hydrogens is 392 g/mol. The van der Waals surface area contributed by atoms with E-state index in [2.05, 4.69) is 0 Å². The molecule has 3 rings (SSSR count). The first-order chi connectivity index (χ1) is 14.1. The number of hydroxylamine groups is 2. The number of piperidine rings is 1. The predicted molar refractivity (Wildman–Crippen MR) is 104 cm³/mol. The zero-order chi connectivity index (χ0) is 22.1. The summed E-state index contributed by atoms with van der Waals surface area (Å²) in [5, 5.41) is 0.470. The maximum Gasteiger partial charge on any atom is 0.410 e. The second-order valence-electron chi connectivity index (χ2n) is 8.31. The van der Waals surface area contributed by atoms with E-state index in [1.54, 1.807) is 17.0 Å². The highest BCUT2D eigenvalue weighted by Crippen LogP contribution is 2.24. The van der Waals surface area contributed by atoms with Gasteiger partial charge in [-0.15, -0.1) is 0 Å². The van der Waals surface area contributed by atoms with Gasteiger partial charge in [-0.3, -0.25) is 9.59 Å². The average molecular weight is 418 g/mol. The van der Waals surface area contributed by atoms with Gasteiger partial charge in [0.2, 0.25) is 0 Å². The number of likely N-dealkylation sites (tertiary alicyclic amines) is 1. The first-order valence-corrected chi connectivity index (χ1v) is 9.90. The summed E-state index contributed by atoms with van der Waals surface area (Å²) < 4.78 is 11.1. The molecule has 2 heterocycles. The molecule has 0 spiro atoms. The molecule has 0 N–H and O–H groups in total. The number of benzene rings is 1. The minimum absolute atomic E-state index is 0.193. The zero-order valence-corrected chi connectivity index (χ0v) is 17.5. The minimum atomic E-state index is -0.979. The van der Waals surface area contributed by atoms with Gasteiger partial charge in [0.25, 0.3) is 11.8 Å². The van der Waals surface area contributed by atoms with Crippen LogP contribution in [0.25, 0.3) is 0 Å². The summed E-state index contributed by atoms with van der Waals surface area (Å²) >= 11 is 0. The number of ether oxygens (including phenoxy) is 2. The zero-order valence-electron chi connectivity index (χ0n) is 17.5. The molecule has 0 bridgehead atoms. The fourth-order valence-electron chi connectivity index (χ4n) is 3.26. The summed E-state index contributed by atoms with van der Waals surface area (Å²) in [6.45, 7) is 7.81. The van der Waals surface area contributed by atoms with E-state index in [0.717, 1.165) is 0 Å². The number of imide groups is 1. The molecule has 1 aromatic carbocycles. The number of rotatable bonds is 4. The Kier molecular flexibility index (Phi) is 6.12.